The van der Waals surface area contributed by atoms with E-state index in [-0.39, 0.29) is 18.3 Å². The van der Waals surface area contributed by atoms with Gasteiger partial charge in [0, 0.05) is 20.1 Å². The van der Waals surface area contributed by atoms with Crippen LogP contribution in [-0.2, 0) is 11.3 Å². The highest BCUT2D eigenvalue weighted by molar-refractivity contribution is 5.77. The van der Waals surface area contributed by atoms with Crippen molar-refractivity contribution < 1.29 is 9.18 Å². The molecule has 0 saturated carbocycles. The first-order chi connectivity index (χ1) is 8.58. The molecule has 1 rings (SSSR count). The lowest BCUT2D eigenvalue weighted by molar-refractivity contribution is -0.128. The summed E-state index contributed by atoms with van der Waals surface area (Å²) in [5.74, 6) is -0.421. The summed E-state index contributed by atoms with van der Waals surface area (Å²) in [6.45, 7) is 3.00. The van der Waals surface area contributed by atoms with E-state index in [1.54, 1.807) is 11.9 Å². The van der Waals surface area contributed by atoms with Gasteiger partial charge in [0.25, 0.3) is 0 Å². The quantitative estimate of drug-likeness (QED) is 0.854. The number of likely N-dealkylation sites (N-methyl/N-ethyl adjacent to an activating group) is 1. The van der Waals surface area contributed by atoms with Crippen LogP contribution in [0, 0.1) is 17.1 Å². The van der Waals surface area contributed by atoms with E-state index in [9.17, 15) is 9.18 Å². The van der Waals surface area contributed by atoms with Gasteiger partial charge in [-0.25, -0.2) is 4.39 Å². The molecule has 0 atom stereocenters. The van der Waals surface area contributed by atoms with E-state index in [0.717, 1.165) is 0 Å². The lowest BCUT2D eigenvalue weighted by Crippen LogP contribution is -2.35. The third-order valence-corrected chi connectivity index (χ3v) is 2.68. The zero-order valence-corrected chi connectivity index (χ0v) is 10.5. The molecule has 0 aliphatic carbocycles. The Labute approximate surface area is 106 Å². The van der Waals surface area contributed by atoms with Crippen molar-refractivity contribution in [3.05, 3.63) is 35.1 Å². The van der Waals surface area contributed by atoms with E-state index in [1.165, 1.54) is 18.2 Å². The van der Waals surface area contributed by atoms with Crippen LogP contribution in [0.5, 0.6) is 0 Å². The van der Waals surface area contributed by atoms with Crippen LogP contribution in [0.1, 0.15) is 18.1 Å². The Morgan fingerprint density at radius 3 is 2.89 bits per heavy atom. The lowest BCUT2D eigenvalue weighted by Gasteiger charge is -2.14. The number of carbonyl (C=O) groups is 1. The number of rotatable bonds is 5. The van der Waals surface area contributed by atoms with Crippen molar-refractivity contribution in [1.82, 2.24) is 10.2 Å². The maximum absolute atomic E-state index is 13.0. The van der Waals surface area contributed by atoms with Gasteiger partial charge >= 0.3 is 0 Å². The topological polar surface area (TPSA) is 56.1 Å². The van der Waals surface area contributed by atoms with Crippen molar-refractivity contribution in [2.75, 3.05) is 20.1 Å². The Balaban J connectivity index is 2.57. The first-order valence-electron chi connectivity index (χ1n) is 5.71. The molecule has 0 spiro atoms. The van der Waals surface area contributed by atoms with E-state index in [0.29, 0.717) is 24.2 Å². The van der Waals surface area contributed by atoms with Crippen molar-refractivity contribution in [1.29, 1.82) is 5.26 Å². The van der Waals surface area contributed by atoms with Crippen molar-refractivity contribution in [2.45, 2.75) is 13.5 Å². The Kier molecular flexibility index (Phi) is 5.28. The average Bonchev–Trinajstić information content (AvgIpc) is 2.38. The standard InChI is InChI=1S/C13H16FN3O/c1-3-17(2)13(18)9-16-8-11-6-12(14)5-4-10(11)7-15/h4-6,16H,3,8-9H2,1-2H3. The van der Waals surface area contributed by atoms with Crippen molar-refractivity contribution in [2.24, 2.45) is 0 Å². The highest BCUT2D eigenvalue weighted by Crippen LogP contribution is 2.09. The largest absolute Gasteiger partial charge is 0.345 e. The summed E-state index contributed by atoms with van der Waals surface area (Å²) in [6, 6.07) is 5.98. The summed E-state index contributed by atoms with van der Waals surface area (Å²) < 4.78 is 13.0. The minimum absolute atomic E-state index is 0.0348. The Morgan fingerprint density at radius 1 is 1.56 bits per heavy atom. The number of amides is 1. The van der Waals surface area contributed by atoms with Gasteiger partial charge in [0.2, 0.25) is 5.91 Å². The number of hydrogen-bond acceptors (Lipinski definition) is 3. The monoisotopic (exact) mass is 249 g/mol. The average molecular weight is 249 g/mol. The van der Waals surface area contributed by atoms with E-state index in [1.807, 2.05) is 13.0 Å². The van der Waals surface area contributed by atoms with Crippen LogP contribution >= 0.6 is 0 Å². The molecule has 0 heterocycles. The summed E-state index contributed by atoms with van der Waals surface area (Å²) in [7, 11) is 1.72. The fraction of sp³-hybridized carbons (Fsp3) is 0.385. The molecule has 0 aliphatic rings. The third-order valence-electron chi connectivity index (χ3n) is 2.68. The predicted molar refractivity (Wildman–Crippen MR) is 66.1 cm³/mol. The highest BCUT2D eigenvalue weighted by atomic mass is 19.1. The summed E-state index contributed by atoms with van der Waals surface area (Å²) >= 11 is 0. The summed E-state index contributed by atoms with van der Waals surface area (Å²) in [6.07, 6.45) is 0. The van der Waals surface area contributed by atoms with Crippen molar-refractivity contribution in [3.63, 3.8) is 0 Å². The molecule has 1 amide bonds. The molecule has 1 aromatic carbocycles. The molecule has 1 N–H and O–H groups in total. The van der Waals surface area contributed by atoms with Gasteiger partial charge in [0.05, 0.1) is 18.2 Å². The summed E-state index contributed by atoms with van der Waals surface area (Å²) in [5, 5.41) is 11.8. The smallest absolute Gasteiger partial charge is 0.236 e. The van der Waals surface area contributed by atoms with Crippen molar-refractivity contribution in [3.8, 4) is 6.07 Å². The molecule has 0 radical (unpaired) electrons. The zero-order chi connectivity index (χ0) is 13.5. The van der Waals surface area contributed by atoms with Gasteiger partial charge in [0.1, 0.15) is 5.82 Å². The number of benzene rings is 1. The van der Waals surface area contributed by atoms with E-state index in [2.05, 4.69) is 5.32 Å². The molecule has 0 fully saturated rings. The van der Waals surface area contributed by atoms with E-state index >= 15 is 0 Å². The van der Waals surface area contributed by atoms with Gasteiger partial charge in [-0.1, -0.05) is 0 Å². The van der Waals surface area contributed by atoms with Gasteiger partial charge in [-0.3, -0.25) is 4.79 Å². The van der Waals surface area contributed by atoms with E-state index < -0.39 is 0 Å². The van der Waals surface area contributed by atoms with Gasteiger partial charge in [0.15, 0.2) is 0 Å². The van der Waals surface area contributed by atoms with E-state index in [4.69, 9.17) is 5.26 Å². The fourth-order valence-electron chi connectivity index (χ4n) is 1.43. The first-order valence-corrected chi connectivity index (χ1v) is 5.71. The second-order valence-corrected chi connectivity index (χ2v) is 3.92. The summed E-state index contributed by atoms with van der Waals surface area (Å²) in [4.78, 5) is 13.1. The number of carbonyl (C=O) groups excluding carboxylic acids is 1. The Morgan fingerprint density at radius 2 is 2.28 bits per heavy atom. The fourth-order valence-corrected chi connectivity index (χ4v) is 1.43. The van der Waals surface area contributed by atoms with Gasteiger partial charge in [-0.2, -0.15) is 5.26 Å². The van der Waals surface area contributed by atoms with Crippen molar-refractivity contribution >= 4 is 5.91 Å². The second-order valence-electron chi connectivity index (χ2n) is 3.92. The molecule has 5 heteroatoms. The summed E-state index contributed by atoms with van der Waals surface area (Å²) in [5.41, 5.74) is 0.977. The highest BCUT2D eigenvalue weighted by Gasteiger charge is 2.07. The maximum atomic E-state index is 13.0. The molecule has 0 saturated heterocycles. The minimum Gasteiger partial charge on any atom is -0.345 e. The van der Waals surface area contributed by atoms with Crippen LogP contribution in [0.15, 0.2) is 18.2 Å². The Bertz CT molecular complexity index is 468. The molecular weight excluding hydrogens is 233 g/mol. The second kappa shape index (κ2) is 6.72. The lowest BCUT2D eigenvalue weighted by atomic mass is 10.1. The number of nitrogens with zero attached hydrogens (tertiary/aromatic N) is 2. The van der Waals surface area contributed by atoms with Crippen LogP contribution in [-0.4, -0.2) is 30.9 Å². The SMILES string of the molecule is CCN(C)C(=O)CNCc1cc(F)ccc1C#N. The zero-order valence-electron chi connectivity index (χ0n) is 10.5. The maximum Gasteiger partial charge on any atom is 0.236 e. The molecule has 0 bridgehead atoms. The number of nitrogens with one attached hydrogen (secondary N) is 1. The first kappa shape index (κ1) is 14.1. The normalized spacial score (nSPS) is 9.89. The van der Waals surface area contributed by atoms with Gasteiger partial charge in [-0.05, 0) is 30.7 Å². The third kappa shape index (κ3) is 3.82. The van der Waals surface area contributed by atoms with Crippen LogP contribution in [0.2, 0.25) is 0 Å². The molecule has 0 unspecified atom stereocenters. The van der Waals surface area contributed by atoms with Gasteiger partial charge < -0.3 is 10.2 Å². The Hall–Kier alpha value is -1.93. The van der Waals surface area contributed by atoms with Crippen LogP contribution < -0.4 is 5.32 Å². The molecule has 18 heavy (non-hydrogen) atoms. The van der Waals surface area contributed by atoms with Crippen LogP contribution in [0.4, 0.5) is 4.39 Å². The molecule has 0 aromatic heterocycles. The molecule has 96 valence electrons. The number of halogens is 1. The number of nitriles is 1. The predicted octanol–water partition coefficient (Wildman–Crippen LogP) is 1.27. The minimum atomic E-state index is -0.386. The van der Waals surface area contributed by atoms with Gasteiger partial charge in [-0.15, -0.1) is 0 Å². The molecular formula is C13H16FN3O. The molecule has 1 aromatic rings. The molecule has 4 nitrogen and oxygen atoms in total. The van der Waals surface area contributed by atoms with Crippen LogP contribution in [0.25, 0.3) is 0 Å². The van der Waals surface area contributed by atoms with Crippen LogP contribution in [0.3, 0.4) is 0 Å². The number of hydrogen-bond donors (Lipinski definition) is 1. The molecule has 0 aliphatic heterocycles.